The number of aromatic carboxylic acids is 1. The Morgan fingerprint density at radius 3 is 2.76 bits per heavy atom. The summed E-state index contributed by atoms with van der Waals surface area (Å²) >= 11 is 0. The van der Waals surface area contributed by atoms with Gasteiger partial charge in [0, 0.05) is 12.6 Å². The minimum Gasteiger partial charge on any atom is -0.497 e. The fraction of sp³-hybridized carbons (Fsp3) is 0.167. The van der Waals surface area contributed by atoms with Crippen LogP contribution in [-0.2, 0) is 7.05 Å². The number of benzene rings is 1. The van der Waals surface area contributed by atoms with E-state index in [1.165, 1.54) is 10.7 Å². The Hall–Kier alpha value is -2.30. The van der Waals surface area contributed by atoms with E-state index < -0.39 is 5.97 Å². The fourth-order valence-corrected chi connectivity index (χ4v) is 1.62. The third kappa shape index (κ3) is 2.13. The van der Waals surface area contributed by atoms with Crippen molar-refractivity contribution >= 4 is 5.97 Å². The zero-order valence-electron chi connectivity index (χ0n) is 9.54. The summed E-state index contributed by atoms with van der Waals surface area (Å²) in [6.45, 7) is 0. The highest BCUT2D eigenvalue weighted by Crippen LogP contribution is 2.24. The van der Waals surface area contributed by atoms with Crippen LogP contribution in [0.2, 0.25) is 0 Å². The predicted octanol–water partition coefficient (Wildman–Crippen LogP) is 1.79. The first-order chi connectivity index (χ1) is 8.11. The van der Waals surface area contributed by atoms with Gasteiger partial charge in [-0.05, 0) is 18.2 Å². The van der Waals surface area contributed by atoms with Crippen molar-refractivity contribution < 1.29 is 14.6 Å². The number of nitrogens with zero attached hydrogens (tertiary/aromatic N) is 2. The summed E-state index contributed by atoms with van der Waals surface area (Å²) in [4.78, 5) is 10.8. The number of methoxy groups -OCH3 is 1. The van der Waals surface area contributed by atoms with Gasteiger partial charge in [0.05, 0.1) is 12.8 Å². The van der Waals surface area contributed by atoms with Gasteiger partial charge in [0.15, 0.2) is 5.69 Å². The second-order valence-electron chi connectivity index (χ2n) is 3.58. The molecule has 0 aliphatic heterocycles. The van der Waals surface area contributed by atoms with Crippen LogP contribution in [0.25, 0.3) is 11.3 Å². The quantitative estimate of drug-likeness (QED) is 0.876. The molecule has 5 heteroatoms. The number of carboxylic acids is 1. The fourth-order valence-electron chi connectivity index (χ4n) is 1.62. The van der Waals surface area contributed by atoms with Crippen molar-refractivity contribution in [3.8, 4) is 17.0 Å². The van der Waals surface area contributed by atoms with E-state index in [1.54, 1.807) is 14.2 Å². The highest BCUT2D eigenvalue weighted by Gasteiger charge is 2.12. The lowest BCUT2D eigenvalue weighted by Gasteiger charge is -2.04. The molecule has 2 aromatic rings. The lowest BCUT2D eigenvalue weighted by atomic mass is 10.1. The average Bonchev–Trinajstić information content (AvgIpc) is 2.72. The lowest BCUT2D eigenvalue weighted by molar-refractivity contribution is 0.0689. The summed E-state index contributed by atoms with van der Waals surface area (Å²) in [5, 5.41) is 12.8. The second kappa shape index (κ2) is 4.29. The number of hydrogen-bond acceptors (Lipinski definition) is 3. The Bertz CT molecular complexity index is 561. The van der Waals surface area contributed by atoms with Gasteiger partial charge < -0.3 is 9.84 Å². The lowest BCUT2D eigenvalue weighted by Crippen LogP contribution is -1.99. The smallest absolute Gasteiger partial charge is 0.356 e. The van der Waals surface area contributed by atoms with Crippen LogP contribution in [0.4, 0.5) is 0 Å². The topological polar surface area (TPSA) is 64.3 Å². The number of aromatic nitrogens is 2. The Labute approximate surface area is 98.3 Å². The SMILES string of the molecule is COc1cccc(-c2cc(C(=O)O)nn2C)c1. The number of hydrogen-bond donors (Lipinski definition) is 1. The Balaban J connectivity index is 2.48. The van der Waals surface area contributed by atoms with E-state index in [1.807, 2.05) is 24.3 Å². The summed E-state index contributed by atoms with van der Waals surface area (Å²) in [7, 11) is 3.30. The zero-order valence-corrected chi connectivity index (χ0v) is 9.54. The second-order valence-corrected chi connectivity index (χ2v) is 3.58. The zero-order chi connectivity index (χ0) is 12.4. The summed E-state index contributed by atoms with van der Waals surface area (Å²) in [5.41, 5.74) is 1.64. The van der Waals surface area contributed by atoms with Gasteiger partial charge in [-0.3, -0.25) is 4.68 Å². The summed E-state index contributed by atoms with van der Waals surface area (Å²) < 4.78 is 6.66. The third-order valence-corrected chi connectivity index (χ3v) is 2.46. The van der Waals surface area contributed by atoms with Gasteiger partial charge in [0.25, 0.3) is 0 Å². The maximum absolute atomic E-state index is 10.8. The molecule has 0 saturated carbocycles. The molecule has 0 radical (unpaired) electrons. The van der Waals surface area contributed by atoms with E-state index in [9.17, 15) is 4.79 Å². The molecule has 5 nitrogen and oxygen atoms in total. The summed E-state index contributed by atoms with van der Waals surface area (Å²) in [6, 6.07) is 8.94. The molecule has 0 aliphatic rings. The van der Waals surface area contributed by atoms with E-state index in [-0.39, 0.29) is 5.69 Å². The minimum atomic E-state index is -1.03. The van der Waals surface area contributed by atoms with Crippen LogP contribution < -0.4 is 4.74 Å². The van der Waals surface area contributed by atoms with Crippen molar-refractivity contribution in [2.45, 2.75) is 0 Å². The van der Waals surface area contributed by atoms with Gasteiger partial charge in [0.2, 0.25) is 0 Å². The molecule has 1 heterocycles. The van der Waals surface area contributed by atoms with Gasteiger partial charge in [-0.25, -0.2) is 4.79 Å². The molecule has 0 spiro atoms. The molecule has 0 amide bonds. The molecule has 2 rings (SSSR count). The summed E-state index contributed by atoms with van der Waals surface area (Å²) in [5.74, 6) is -0.310. The van der Waals surface area contributed by atoms with E-state index >= 15 is 0 Å². The largest absolute Gasteiger partial charge is 0.497 e. The third-order valence-electron chi connectivity index (χ3n) is 2.46. The van der Waals surface area contributed by atoms with E-state index in [2.05, 4.69) is 5.10 Å². The highest BCUT2D eigenvalue weighted by molar-refractivity contribution is 5.87. The van der Waals surface area contributed by atoms with Crippen LogP contribution in [0.5, 0.6) is 5.75 Å². The molecule has 0 aliphatic carbocycles. The highest BCUT2D eigenvalue weighted by atomic mass is 16.5. The molecular weight excluding hydrogens is 220 g/mol. The summed E-state index contributed by atoms with van der Waals surface area (Å²) in [6.07, 6.45) is 0. The normalized spacial score (nSPS) is 10.2. The number of ether oxygens (including phenoxy) is 1. The van der Waals surface area contributed by atoms with Gasteiger partial charge in [0.1, 0.15) is 5.75 Å². The van der Waals surface area contributed by atoms with Crippen molar-refractivity contribution in [2.75, 3.05) is 7.11 Å². The van der Waals surface area contributed by atoms with E-state index in [0.29, 0.717) is 0 Å². The van der Waals surface area contributed by atoms with Gasteiger partial charge in [-0.2, -0.15) is 5.10 Å². The minimum absolute atomic E-state index is 0.0327. The van der Waals surface area contributed by atoms with Crippen molar-refractivity contribution in [1.82, 2.24) is 9.78 Å². The first-order valence-corrected chi connectivity index (χ1v) is 5.03. The Kier molecular flexibility index (Phi) is 2.82. The van der Waals surface area contributed by atoms with Crippen LogP contribution >= 0.6 is 0 Å². The molecular formula is C12H12N2O3. The van der Waals surface area contributed by atoms with Crippen LogP contribution in [0, 0.1) is 0 Å². The van der Waals surface area contributed by atoms with Crippen LogP contribution in [-0.4, -0.2) is 28.0 Å². The first-order valence-electron chi connectivity index (χ1n) is 5.03. The van der Waals surface area contributed by atoms with Crippen molar-refractivity contribution in [2.24, 2.45) is 7.05 Å². The van der Waals surface area contributed by atoms with Crippen molar-refractivity contribution in [3.63, 3.8) is 0 Å². The van der Waals surface area contributed by atoms with Crippen molar-refractivity contribution in [1.29, 1.82) is 0 Å². The molecule has 1 aromatic heterocycles. The Morgan fingerprint density at radius 2 is 2.18 bits per heavy atom. The standard InChI is InChI=1S/C12H12N2O3/c1-14-11(7-10(13-14)12(15)16)8-4-3-5-9(6-8)17-2/h3-7H,1-2H3,(H,15,16). The van der Waals surface area contributed by atoms with Crippen LogP contribution in [0.15, 0.2) is 30.3 Å². The maximum Gasteiger partial charge on any atom is 0.356 e. The molecule has 0 atom stereocenters. The van der Waals surface area contributed by atoms with E-state index in [0.717, 1.165) is 17.0 Å². The number of rotatable bonds is 3. The van der Waals surface area contributed by atoms with Gasteiger partial charge in [-0.15, -0.1) is 0 Å². The van der Waals surface area contributed by atoms with Crippen molar-refractivity contribution in [3.05, 3.63) is 36.0 Å². The van der Waals surface area contributed by atoms with E-state index in [4.69, 9.17) is 9.84 Å². The van der Waals surface area contributed by atoms with Crippen LogP contribution in [0.1, 0.15) is 10.5 Å². The monoisotopic (exact) mass is 232 g/mol. The molecule has 1 aromatic carbocycles. The van der Waals surface area contributed by atoms with Crippen LogP contribution in [0.3, 0.4) is 0 Å². The van der Waals surface area contributed by atoms with Gasteiger partial charge >= 0.3 is 5.97 Å². The molecule has 0 fully saturated rings. The molecule has 88 valence electrons. The number of carbonyl (C=O) groups is 1. The first kappa shape index (κ1) is 11.2. The predicted molar refractivity (Wildman–Crippen MR) is 62.2 cm³/mol. The Morgan fingerprint density at radius 1 is 1.41 bits per heavy atom. The molecule has 0 unspecified atom stereocenters. The molecule has 1 N–H and O–H groups in total. The number of aryl methyl sites for hydroxylation is 1. The number of carboxylic acid groups (broad SMARTS) is 1. The maximum atomic E-state index is 10.8. The molecule has 0 bridgehead atoms. The van der Waals surface area contributed by atoms with Gasteiger partial charge in [-0.1, -0.05) is 12.1 Å². The average molecular weight is 232 g/mol. The molecule has 17 heavy (non-hydrogen) atoms. The molecule has 0 saturated heterocycles.